The van der Waals surface area contributed by atoms with Gasteiger partial charge in [-0.2, -0.15) is 0 Å². The molecule has 0 saturated carbocycles. The van der Waals surface area contributed by atoms with Gasteiger partial charge in [-0.05, 0) is 41.1 Å². The van der Waals surface area contributed by atoms with E-state index in [0.29, 0.717) is 17.0 Å². The van der Waals surface area contributed by atoms with Crippen LogP contribution in [0, 0.1) is 0 Å². The monoisotopic (exact) mass is 384 g/mol. The van der Waals surface area contributed by atoms with E-state index < -0.39 is 10.0 Å². The van der Waals surface area contributed by atoms with Gasteiger partial charge in [0.1, 0.15) is 5.75 Å². The van der Waals surface area contributed by atoms with Crippen LogP contribution in [0.5, 0.6) is 5.75 Å². The van der Waals surface area contributed by atoms with E-state index in [1.807, 2.05) is 24.3 Å². The second-order valence-electron chi connectivity index (χ2n) is 6.17. The molecule has 27 heavy (non-hydrogen) atoms. The summed E-state index contributed by atoms with van der Waals surface area (Å²) in [5.74, 6) is 0.0697. The van der Waals surface area contributed by atoms with Gasteiger partial charge < -0.3 is 10.1 Å². The van der Waals surface area contributed by atoms with Crippen molar-refractivity contribution in [3.8, 4) is 5.75 Å². The second kappa shape index (κ2) is 7.38. The Bertz CT molecular complexity index is 1110. The molecule has 3 aromatic carbocycles. The molecule has 0 atom stereocenters. The summed E-state index contributed by atoms with van der Waals surface area (Å²) in [7, 11) is 0.839. The van der Waals surface area contributed by atoms with E-state index in [2.05, 4.69) is 5.32 Å². The summed E-state index contributed by atoms with van der Waals surface area (Å²) in [6.07, 6.45) is 0. The Morgan fingerprint density at radius 2 is 1.63 bits per heavy atom. The van der Waals surface area contributed by atoms with Crippen LogP contribution in [0.4, 0.5) is 5.69 Å². The van der Waals surface area contributed by atoms with Gasteiger partial charge in [0.2, 0.25) is 10.0 Å². The first-order valence-electron chi connectivity index (χ1n) is 8.23. The largest absolute Gasteiger partial charge is 0.496 e. The van der Waals surface area contributed by atoms with Crippen molar-refractivity contribution in [2.75, 3.05) is 26.5 Å². The van der Waals surface area contributed by atoms with Gasteiger partial charge >= 0.3 is 0 Å². The van der Waals surface area contributed by atoms with Crippen molar-refractivity contribution in [1.82, 2.24) is 4.31 Å². The first-order valence-corrected chi connectivity index (χ1v) is 9.67. The average molecular weight is 384 g/mol. The molecule has 140 valence electrons. The van der Waals surface area contributed by atoms with Crippen LogP contribution in [0.25, 0.3) is 10.8 Å². The number of amides is 1. The van der Waals surface area contributed by atoms with Gasteiger partial charge in [-0.1, -0.05) is 30.3 Å². The standard InChI is InChI=1S/C20H20N2O4S/c1-22(2)27(24,25)17-10-6-9-16(13-17)21-20(23)18-11-14-7-4-5-8-15(14)12-19(18)26-3/h4-13H,1-3H3,(H,21,23). The molecule has 0 aliphatic carbocycles. The first-order chi connectivity index (χ1) is 12.8. The molecule has 3 rings (SSSR count). The van der Waals surface area contributed by atoms with Crippen molar-refractivity contribution < 1.29 is 17.9 Å². The maximum Gasteiger partial charge on any atom is 0.259 e. The molecule has 3 aromatic rings. The van der Waals surface area contributed by atoms with E-state index in [4.69, 9.17) is 4.74 Å². The number of nitrogens with one attached hydrogen (secondary N) is 1. The first kappa shape index (κ1) is 18.9. The number of hydrogen-bond acceptors (Lipinski definition) is 4. The van der Waals surface area contributed by atoms with Crippen molar-refractivity contribution >= 4 is 32.4 Å². The molecular weight excluding hydrogens is 364 g/mol. The van der Waals surface area contributed by atoms with Crippen LogP contribution in [0.2, 0.25) is 0 Å². The Labute approximate surface area is 158 Å². The highest BCUT2D eigenvalue weighted by atomic mass is 32.2. The van der Waals surface area contributed by atoms with Crippen molar-refractivity contribution in [2.24, 2.45) is 0 Å². The Morgan fingerprint density at radius 1 is 0.963 bits per heavy atom. The van der Waals surface area contributed by atoms with Crippen LogP contribution in [0.15, 0.2) is 65.6 Å². The lowest BCUT2D eigenvalue weighted by Gasteiger charge is -2.14. The highest BCUT2D eigenvalue weighted by molar-refractivity contribution is 7.89. The molecule has 0 bridgehead atoms. The number of ether oxygens (including phenoxy) is 1. The Kier molecular flexibility index (Phi) is 5.16. The lowest BCUT2D eigenvalue weighted by Crippen LogP contribution is -2.22. The van der Waals surface area contributed by atoms with Crippen LogP contribution in [0.3, 0.4) is 0 Å². The quantitative estimate of drug-likeness (QED) is 0.732. The lowest BCUT2D eigenvalue weighted by atomic mass is 10.1. The van der Waals surface area contributed by atoms with Gasteiger partial charge in [-0.15, -0.1) is 0 Å². The Morgan fingerprint density at radius 3 is 2.26 bits per heavy atom. The van der Waals surface area contributed by atoms with Gasteiger partial charge in [0.25, 0.3) is 5.91 Å². The van der Waals surface area contributed by atoms with Gasteiger partial charge in [-0.3, -0.25) is 4.79 Å². The van der Waals surface area contributed by atoms with Crippen molar-refractivity contribution in [3.63, 3.8) is 0 Å². The van der Waals surface area contributed by atoms with Crippen LogP contribution in [-0.2, 0) is 10.0 Å². The minimum absolute atomic E-state index is 0.107. The average Bonchev–Trinajstić information content (AvgIpc) is 2.66. The zero-order valence-electron chi connectivity index (χ0n) is 15.3. The Balaban J connectivity index is 1.95. The summed E-state index contributed by atoms with van der Waals surface area (Å²) in [4.78, 5) is 12.9. The molecule has 1 amide bonds. The fraction of sp³-hybridized carbons (Fsp3) is 0.150. The van der Waals surface area contributed by atoms with E-state index in [9.17, 15) is 13.2 Å². The number of nitrogens with zero attached hydrogens (tertiary/aromatic N) is 1. The number of sulfonamides is 1. The summed E-state index contributed by atoms with van der Waals surface area (Å²) in [5, 5.41) is 4.62. The number of carbonyl (C=O) groups excluding carboxylic acids is 1. The Hall–Kier alpha value is -2.90. The minimum Gasteiger partial charge on any atom is -0.496 e. The summed E-state index contributed by atoms with van der Waals surface area (Å²) < 4.78 is 31.0. The molecule has 0 aliphatic rings. The summed E-state index contributed by atoms with van der Waals surface area (Å²) in [5.41, 5.74) is 0.759. The minimum atomic E-state index is -3.58. The maximum atomic E-state index is 12.8. The number of methoxy groups -OCH3 is 1. The van der Waals surface area contributed by atoms with E-state index in [1.165, 1.54) is 33.3 Å². The predicted molar refractivity (Wildman–Crippen MR) is 106 cm³/mol. The lowest BCUT2D eigenvalue weighted by molar-refractivity contribution is 0.102. The number of anilines is 1. The molecule has 0 saturated heterocycles. The summed E-state index contributed by atoms with van der Waals surface area (Å²) >= 11 is 0. The fourth-order valence-electron chi connectivity index (χ4n) is 2.71. The van der Waals surface area contributed by atoms with Gasteiger partial charge in [0.15, 0.2) is 0 Å². The number of fused-ring (bicyclic) bond motifs is 1. The van der Waals surface area contributed by atoms with Crippen LogP contribution >= 0.6 is 0 Å². The molecule has 0 heterocycles. The van der Waals surface area contributed by atoms with E-state index >= 15 is 0 Å². The third kappa shape index (κ3) is 3.79. The smallest absolute Gasteiger partial charge is 0.259 e. The zero-order chi connectivity index (χ0) is 19.6. The number of rotatable bonds is 5. The zero-order valence-corrected chi connectivity index (χ0v) is 16.1. The molecule has 1 N–H and O–H groups in total. The van der Waals surface area contributed by atoms with Crippen LogP contribution in [-0.4, -0.2) is 39.8 Å². The number of benzene rings is 3. The van der Waals surface area contributed by atoms with Gasteiger partial charge in [-0.25, -0.2) is 12.7 Å². The highest BCUT2D eigenvalue weighted by Crippen LogP contribution is 2.27. The van der Waals surface area contributed by atoms with E-state index in [1.54, 1.807) is 24.3 Å². The fourth-order valence-corrected chi connectivity index (χ4v) is 3.66. The third-order valence-electron chi connectivity index (χ3n) is 4.18. The van der Waals surface area contributed by atoms with Crippen LogP contribution < -0.4 is 10.1 Å². The number of hydrogen-bond donors (Lipinski definition) is 1. The van der Waals surface area contributed by atoms with Crippen LogP contribution in [0.1, 0.15) is 10.4 Å². The van der Waals surface area contributed by atoms with Gasteiger partial charge in [0, 0.05) is 19.8 Å². The molecule has 0 spiro atoms. The molecular formula is C20H20N2O4S. The topological polar surface area (TPSA) is 75.7 Å². The molecule has 0 fully saturated rings. The maximum absolute atomic E-state index is 12.8. The molecule has 0 aromatic heterocycles. The predicted octanol–water partition coefficient (Wildman–Crippen LogP) is 3.35. The van der Waals surface area contributed by atoms with E-state index in [-0.39, 0.29) is 10.8 Å². The molecule has 0 radical (unpaired) electrons. The van der Waals surface area contributed by atoms with E-state index in [0.717, 1.165) is 15.1 Å². The summed E-state index contributed by atoms with van der Waals surface area (Å²) in [6.45, 7) is 0. The second-order valence-corrected chi connectivity index (χ2v) is 8.32. The molecule has 0 unspecified atom stereocenters. The SMILES string of the molecule is COc1cc2ccccc2cc1C(=O)Nc1cccc(S(=O)(=O)N(C)C)c1. The van der Waals surface area contributed by atoms with Crippen molar-refractivity contribution in [1.29, 1.82) is 0 Å². The number of carbonyl (C=O) groups is 1. The molecule has 6 nitrogen and oxygen atoms in total. The normalized spacial score (nSPS) is 11.6. The van der Waals surface area contributed by atoms with Crippen molar-refractivity contribution in [3.05, 3.63) is 66.2 Å². The highest BCUT2D eigenvalue weighted by Gasteiger charge is 2.19. The van der Waals surface area contributed by atoms with Gasteiger partial charge in [0.05, 0.1) is 17.6 Å². The van der Waals surface area contributed by atoms with Crippen molar-refractivity contribution in [2.45, 2.75) is 4.90 Å². The molecule has 0 aliphatic heterocycles. The molecule has 7 heteroatoms. The third-order valence-corrected chi connectivity index (χ3v) is 5.99. The summed E-state index contributed by atoms with van der Waals surface area (Å²) in [6, 6.07) is 17.4.